The monoisotopic (exact) mass is 444 g/mol. The van der Waals surface area contributed by atoms with Crippen LogP contribution in [-0.4, -0.2) is 23.9 Å². The molecule has 1 unspecified atom stereocenters. The van der Waals surface area contributed by atoms with E-state index in [4.69, 9.17) is 0 Å². The number of benzene rings is 3. The Bertz CT molecular complexity index is 1130. The summed E-state index contributed by atoms with van der Waals surface area (Å²) in [6, 6.07) is 22.0. The number of aryl methyl sites for hydroxylation is 1. The van der Waals surface area contributed by atoms with Crippen molar-refractivity contribution in [2.45, 2.75) is 26.8 Å². The number of rotatable bonds is 7. The zero-order valence-electron chi connectivity index (χ0n) is 18.9. The van der Waals surface area contributed by atoms with Gasteiger partial charge in [-0.1, -0.05) is 55.8 Å². The third kappa shape index (κ3) is 6.93. The normalized spacial score (nSPS) is 11.4. The summed E-state index contributed by atoms with van der Waals surface area (Å²) in [6.45, 7) is 5.64. The molecule has 0 aromatic heterocycles. The molecule has 7 nitrogen and oxygen atoms in total. The van der Waals surface area contributed by atoms with Gasteiger partial charge in [0.15, 0.2) is 0 Å². The number of hydrogen-bond acceptors (Lipinski definition) is 3. The molecule has 0 bridgehead atoms. The number of urea groups is 1. The minimum absolute atomic E-state index is 0.128. The highest BCUT2D eigenvalue weighted by molar-refractivity contribution is 6.02. The highest BCUT2D eigenvalue weighted by Crippen LogP contribution is 2.17. The molecule has 33 heavy (non-hydrogen) atoms. The Morgan fingerprint density at radius 1 is 0.697 bits per heavy atom. The quantitative estimate of drug-likeness (QED) is 0.411. The van der Waals surface area contributed by atoms with Crippen molar-refractivity contribution >= 4 is 34.9 Å². The summed E-state index contributed by atoms with van der Waals surface area (Å²) < 4.78 is 0. The van der Waals surface area contributed by atoms with Crippen LogP contribution in [0.1, 0.15) is 29.8 Å². The average Bonchev–Trinajstić information content (AvgIpc) is 2.77. The topological polar surface area (TPSA) is 99.3 Å². The lowest BCUT2D eigenvalue weighted by atomic mass is 10.0. The molecule has 0 aliphatic carbocycles. The van der Waals surface area contributed by atoms with Crippen LogP contribution in [0.3, 0.4) is 0 Å². The van der Waals surface area contributed by atoms with E-state index >= 15 is 0 Å². The molecule has 0 spiro atoms. The Morgan fingerprint density at radius 2 is 1.30 bits per heavy atom. The van der Waals surface area contributed by atoms with Crippen LogP contribution < -0.4 is 21.3 Å². The Morgan fingerprint density at radius 3 is 1.97 bits per heavy atom. The van der Waals surface area contributed by atoms with E-state index in [9.17, 15) is 14.4 Å². The second-order valence-electron chi connectivity index (χ2n) is 8.08. The predicted molar refractivity (Wildman–Crippen MR) is 131 cm³/mol. The van der Waals surface area contributed by atoms with Crippen molar-refractivity contribution in [1.82, 2.24) is 5.32 Å². The lowest BCUT2D eigenvalue weighted by Crippen LogP contribution is -2.47. The van der Waals surface area contributed by atoms with Crippen LogP contribution in [-0.2, 0) is 4.79 Å². The van der Waals surface area contributed by atoms with Crippen molar-refractivity contribution in [2.75, 3.05) is 16.0 Å². The van der Waals surface area contributed by atoms with Crippen molar-refractivity contribution in [2.24, 2.45) is 5.92 Å². The molecule has 0 aliphatic heterocycles. The first-order chi connectivity index (χ1) is 15.8. The first kappa shape index (κ1) is 23.5. The molecule has 0 saturated carbocycles. The molecule has 3 aromatic rings. The second-order valence-corrected chi connectivity index (χ2v) is 8.08. The van der Waals surface area contributed by atoms with Gasteiger partial charge in [-0.2, -0.15) is 0 Å². The van der Waals surface area contributed by atoms with Crippen LogP contribution in [0.15, 0.2) is 78.9 Å². The van der Waals surface area contributed by atoms with Crippen molar-refractivity contribution in [3.8, 4) is 0 Å². The third-order valence-corrected chi connectivity index (χ3v) is 4.94. The van der Waals surface area contributed by atoms with Gasteiger partial charge in [0.05, 0.1) is 0 Å². The van der Waals surface area contributed by atoms with Gasteiger partial charge in [0.25, 0.3) is 5.91 Å². The van der Waals surface area contributed by atoms with E-state index in [1.54, 1.807) is 54.6 Å². The van der Waals surface area contributed by atoms with Gasteiger partial charge in [0.2, 0.25) is 5.91 Å². The fourth-order valence-corrected chi connectivity index (χ4v) is 3.26. The minimum Gasteiger partial charge on any atom is -0.340 e. The summed E-state index contributed by atoms with van der Waals surface area (Å²) in [4.78, 5) is 37.8. The molecular formula is C26H28N4O3. The lowest BCUT2D eigenvalue weighted by Gasteiger charge is -2.22. The Kier molecular flexibility index (Phi) is 7.81. The largest absolute Gasteiger partial charge is 0.340 e. The van der Waals surface area contributed by atoms with E-state index in [2.05, 4.69) is 21.3 Å². The van der Waals surface area contributed by atoms with Gasteiger partial charge >= 0.3 is 6.03 Å². The van der Waals surface area contributed by atoms with E-state index in [0.717, 1.165) is 5.56 Å². The number of carbonyl (C=O) groups is 3. The third-order valence-electron chi connectivity index (χ3n) is 4.94. The maximum atomic E-state index is 12.9. The fourth-order valence-electron chi connectivity index (χ4n) is 3.26. The van der Waals surface area contributed by atoms with Crippen LogP contribution in [0.5, 0.6) is 0 Å². The first-order valence-electron chi connectivity index (χ1n) is 10.7. The molecule has 0 heterocycles. The van der Waals surface area contributed by atoms with E-state index in [1.165, 1.54) is 0 Å². The van der Waals surface area contributed by atoms with Crippen molar-refractivity contribution in [3.63, 3.8) is 0 Å². The van der Waals surface area contributed by atoms with Crippen molar-refractivity contribution in [1.29, 1.82) is 0 Å². The second kappa shape index (κ2) is 10.9. The van der Waals surface area contributed by atoms with Gasteiger partial charge in [-0.05, 0) is 55.3 Å². The van der Waals surface area contributed by atoms with Gasteiger partial charge in [0, 0.05) is 22.6 Å². The Balaban J connectivity index is 1.64. The van der Waals surface area contributed by atoms with Gasteiger partial charge in [-0.15, -0.1) is 0 Å². The fraction of sp³-hybridized carbons (Fsp3) is 0.192. The van der Waals surface area contributed by atoms with Crippen LogP contribution in [0.25, 0.3) is 0 Å². The van der Waals surface area contributed by atoms with Crippen LogP contribution in [0.4, 0.5) is 21.9 Å². The molecule has 170 valence electrons. The summed E-state index contributed by atoms with van der Waals surface area (Å²) in [5.74, 6) is -0.769. The lowest BCUT2D eigenvalue weighted by molar-refractivity contribution is -0.118. The van der Waals surface area contributed by atoms with Gasteiger partial charge in [-0.3, -0.25) is 9.59 Å². The number of nitrogens with one attached hydrogen (secondary N) is 4. The zero-order valence-corrected chi connectivity index (χ0v) is 18.9. The highest BCUT2D eigenvalue weighted by Gasteiger charge is 2.25. The predicted octanol–water partition coefficient (Wildman–Crippen LogP) is 5.03. The molecule has 0 radical (unpaired) electrons. The average molecular weight is 445 g/mol. The number of amides is 4. The molecule has 0 aliphatic rings. The van der Waals surface area contributed by atoms with Crippen molar-refractivity contribution < 1.29 is 14.4 Å². The summed E-state index contributed by atoms with van der Waals surface area (Å²) >= 11 is 0. The maximum absolute atomic E-state index is 12.9. The summed E-state index contributed by atoms with van der Waals surface area (Å²) in [5.41, 5.74) is 3.17. The molecule has 0 fully saturated rings. The molecule has 7 heteroatoms. The zero-order chi connectivity index (χ0) is 23.8. The highest BCUT2D eigenvalue weighted by atomic mass is 16.2. The van der Waals surface area contributed by atoms with Crippen LogP contribution >= 0.6 is 0 Å². The molecule has 3 aromatic carbocycles. The molecule has 3 rings (SSSR count). The molecular weight excluding hydrogens is 416 g/mol. The Labute approximate surface area is 193 Å². The Hall–Kier alpha value is -4.13. The minimum atomic E-state index is -0.726. The van der Waals surface area contributed by atoms with E-state index < -0.39 is 12.1 Å². The standard InChI is InChI=1S/C26H28N4O3/c1-17(2)23(30-24(31)19-10-7-9-18(3)15-19)25(32)27-21-13-8-14-22(16-21)29-26(33)28-20-11-5-4-6-12-20/h4-17,23H,1-3H3,(H,27,32)(H,30,31)(H2,28,29,33). The van der Waals surface area contributed by atoms with Gasteiger partial charge in [-0.25, -0.2) is 4.79 Å². The van der Waals surface area contributed by atoms with E-state index in [-0.39, 0.29) is 17.7 Å². The van der Waals surface area contributed by atoms with Crippen molar-refractivity contribution in [3.05, 3.63) is 90.0 Å². The summed E-state index contributed by atoms with van der Waals surface area (Å²) in [6.07, 6.45) is 0. The van der Waals surface area contributed by atoms with E-state index in [0.29, 0.717) is 22.6 Å². The summed E-state index contributed by atoms with van der Waals surface area (Å²) in [7, 11) is 0. The van der Waals surface area contributed by atoms with Crippen LogP contribution in [0, 0.1) is 12.8 Å². The number of para-hydroxylation sites is 1. The summed E-state index contributed by atoms with van der Waals surface area (Å²) in [5, 5.41) is 11.1. The SMILES string of the molecule is Cc1cccc(C(=O)NC(C(=O)Nc2cccc(NC(=O)Nc3ccccc3)c2)C(C)C)c1. The van der Waals surface area contributed by atoms with Gasteiger partial charge < -0.3 is 21.3 Å². The number of anilines is 3. The van der Waals surface area contributed by atoms with E-state index in [1.807, 2.05) is 45.0 Å². The first-order valence-corrected chi connectivity index (χ1v) is 10.7. The van der Waals surface area contributed by atoms with Gasteiger partial charge in [0.1, 0.15) is 6.04 Å². The van der Waals surface area contributed by atoms with Crippen LogP contribution in [0.2, 0.25) is 0 Å². The maximum Gasteiger partial charge on any atom is 0.323 e. The molecule has 0 saturated heterocycles. The molecule has 4 amide bonds. The molecule has 4 N–H and O–H groups in total. The number of hydrogen-bond donors (Lipinski definition) is 4. The number of carbonyl (C=O) groups excluding carboxylic acids is 3. The molecule has 1 atom stereocenters. The smallest absolute Gasteiger partial charge is 0.323 e.